The maximum Gasteiger partial charge on any atom is 0.261 e. The van der Waals surface area contributed by atoms with E-state index in [-0.39, 0.29) is 4.90 Å². The lowest BCUT2D eigenvalue weighted by molar-refractivity contribution is 0.298. The fourth-order valence-corrected chi connectivity index (χ4v) is 3.32. The van der Waals surface area contributed by atoms with Crippen LogP contribution in [0.1, 0.15) is 39.2 Å². The first kappa shape index (κ1) is 20.2. The fourth-order valence-electron chi connectivity index (χ4n) is 2.28. The molecule has 0 aliphatic carbocycles. The highest BCUT2D eigenvalue weighted by molar-refractivity contribution is 7.92. The second-order valence-corrected chi connectivity index (χ2v) is 8.35. The van der Waals surface area contributed by atoms with Gasteiger partial charge in [0.2, 0.25) is 5.88 Å². The second kappa shape index (κ2) is 9.00. The molecule has 0 aliphatic heterocycles. The van der Waals surface area contributed by atoms with Crippen molar-refractivity contribution < 1.29 is 13.2 Å². The van der Waals surface area contributed by atoms with Gasteiger partial charge in [-0.3, -0.25) is 4.72 Å². The summed E-state index contributed by atoms with van der Waals surface area (Å²) in [5, 5.41) is 3.24. The van der Waals surface area contributed by atoms with E-state index < -0.39 is 10.0 Å². The minimum atomic E-state index is -3.64. The number of rotatable bonds is 9. The van der Waals surface area contributed by atoms with Crippen LogP contribution in [0, 0.1) is 0 Å². The number of pyridine rings is 1. The summed E-state index contributed by atoms with van der Waals surface area (Å²) in [6.07, 6.45) is 1.45. The average Bonchev–Trinajstić information content (AvgIpc) is 2.60. The van der Waals surface area contributed by atoms with E-state index in [4.69, 9.17) is 4.74 Å². The van der Waals surface area contributed by atoms with E-state index in [1.54, 1.807) is 24.3 Å². The van der Waals surface area contributed by atoms with Gasteiger partial charge in [0, 0.05) is 18.7 Å². The second-order valence-electron chi connectivity index (χ2n) is 6.67. The minimum absolute atomic E-state index is 0.224. The molecule has 0 fully saturated rings. The molecule has 2 aromatic rings. The van der Waals surface area contributed by atoms with Crippen molar-refractivity contribution in [1.82, 2.24) is 10.3 Å². The van der Waals surface area contributed by atoms with Crippen molar-refractivity contribution in [3.8, 4) is 5.88 Å². The molecule has 2 rings (SSSR count). The molecule has 0 atom stereocenters. The summed E-state index contributed by atoms with van der Waals surface area (Å²) < 4.78 is 33.0. The Morgan fingerprint density at radius 3 is 2.27 bits per heavy atom. The molecule has 0 unspecified atom stereocenters. The quantitative estimate of drug-likeness (QED) is 0.655. The largest absolute Gasteiger partial charge is 0.476 e. The molecule has 0 radical (unpaired) electrons. The van der Waals surface area contributed by atoms with Crippen molar-refractivity contribution in [1.29, 1.82) is 0 Å². The Morgan fingerprint density at radius 1 is 1.04 bits per heavy atom. The van der Waals surface area contributed by atoms with Gasteiger partial charge in [-0.2, -0.15) is 0 Å². The van der Waals surface area contributed by atoms with Crippen molar-refractivity contribution in [2.45, 2.75) is 44.6 Å². The predicted octanol–water partition coefficient (Wildman–Crippen LogP) is 3.38. The van der Waals surface area contributed by atoms with E-state index in [0.717, 1.165) is 12.1 Å². The lowest BCUT2D eigenvalue weighted by atomic mass is 10.0. The van der Waals surface area contributed by atoms with Crippen LogP contribution < -0.4 is 14.8 Å². The highest BCUT2D eigenvalue weighted by Gasteiger charge is 2.14. The molecule has 0 spiro atoms. The minimum Gasteiger partial charge on any atom is -0.476 e. The first-order chi connectivity index (χ1) is 12.3. The lowest BCUT2D eigenvalue weighted by Gasteiger charge is -2.11. The molecule has 0 aliphatic rings. The van der Waals surface area contributed by atoms with E-state index >= 15 is 0 Å². The van der Waals surface area contributed by atoms with Gasteiger partial charge in [0.25, 0.3) is 10.0 Å². The molecule has 7 heteroatoms. The Labute approximate surface area is 156 Å². The Bertz CT molecular complexity index is 786. The zero-order valence-electron chi connectivity index (χ0n) is 15.7. The standard InChI is InChI=1S/C19H27N3O3S/c1-14(2)16-5-8-18(9-6-16)26(23,24)22-17-7-10-19(21-13-17)25-12-11-20-15(3)4/h5-10,13-15,20,22H,11-12H2,1-4H3. The normalized spacial score (nSPS) is 11.8. The Kier molecular flexibility index (Phi) is 6.99. The molecule has 1 aromatic carbocycles. The molecule has 26 heavy (non-hydrogen) atoms. The van der Waals surface area contributed by atoms with Crippen LogP contribution in [0.2, 0.25) is 0 Å². The summed E-state index contributed by atoms with van der Waals surface area (Å²) in [5.41, 5.74) is 1.49. The van der Waals surface area contributed by atoms with E-state index in [9.17, 15) is 8.42 Å². The molecular formula is C19H27N3O3S. The number of ether oxygens (including phenoxy) is 1. The highest BCUT2D eigenvalue weighted by atomic mass is 32.2. The molecular weight excluding hydrogens is 350 g/mol. The molecule has 1 aromatic heterocycles. The van der Waals surface area contributed by atoms with Gasteiger partial charge in [0.15, 0.2) is 0 Å². The first-order valence-electron chi connectivity index (χ1n) is 8.73. The Balaban J connectivity index is 1.96. The Morgan fingerprint density at radius 2 is 1.73 bits per heavy atom. The fraction of sp³-hybridized carbons (Fsp3) is 0.421. The highest BCUT2D eigenvalue weighted by Crippen LogP contribution is 2.20. The van der Waals surface area contributed by atoms with Gasteiger partial charge < -0.3 is 10.1 Å². The molecule has 0 saturated carbocycles. The monoisotopic (exact) mass is 377 g/mol. The smallest absolute Gasteiger partial charge is 0.261 e. The third-order valence-electron chi connectivity index (χ3n) is 3.75. The van der Waals surface area contributed by atoms with Crippen LogP contribution in [0.3, 0.4) is 0 Å². The number of benzene rings is 1. The third-order valence-corrected chi connectivity index (χ3v) is 5.15. The Hall–Kier alpha value is -2.12. The summed E-state index contributed by atoms with van der Waals surface area (Å²) in [6, 6.07) is 10.6. The lowest BCUT2D eigenvalue weighted by Crippen LogP contribution is -2.27. The molecule has 0 saturated heterocycles. The molecule has 142 valence electrons. The van der Waals surface area contributed by atoms with Crippen molar-refractivity contribution >= 4 is 15.7 Å². The van der Waals surface area contributed by atoms with Crippen LogP contribution >= 0.6 is 0 Å². The van der Waals surface area contributed by atoms with Gasteiger partial charge in [-0.15, -0.1) is 0 Å². The van der Waals surface area contributed by atoms with Crippen molar-refractivity contribution in [2.24, 2.45) is 0 Å². The topological polar surface area (TPSA) is 80.3 Å². The maximum absolute atomic E-state index is 12.5. The number of aromatic nitrogens is 1. The maximum atomic E-state index is 12.5. The van der Waals surface area contributed by atoms with Crippen LogP contribution in [0.15, 0.2) is 47.5 Å². The molecule has 0 amide bonds. The van der Waals surface area contributed by atoms with Gasteiger partial charge in [-0.25, -0.2) is 13.4 Å². The van der Waals surface area contributed by atoms with Gasteiger partial charge in [-0.05, 0) is 29.7 Å². The number of hydrogen-bond donors (Lipinski definition) is 2. The SMILES string of the molecule is CC(C)NCCOc1ccc(NS(=O)(=O)c2ccc(C(C)C)cc2)cn1. The van der Waals surface area contributed by atoms with Crippen molar-refractivity contribution in [3.63, 3.8) is 0 Å². The van der Waals surface area contributed by atoms with Crippen molar-refractivity contribution in [2.75, 3.05) is 17.9 Å². The molecule has 0 bridgehead atoms. The van der Waals surface area contributed by atoms with Gasteiger partial charge in [-0.1, -0.05) is 39.8 Å². The number of nitrogens with one attached hydrogen (secondary N) is 2. The van der Waals surface area contributed by atoms with E-state index in [1.165, 1.54) is 6.20 Å². The van der Waals surface area contributed by atoms with Crippen molar-refractivity contribution in [3.05, 3.63) is 48.2 Å². The predicted molar refractivity (Wildman–Crippen MR) is 104 cm³/mol. The molecule has 1 heterocycles. The number of nitrogens with zero attached hydrogens (tertiary/aromatic N) is 1. The summed E-state index contributed by atoms with van der Waals surface area (Å²) in [5.74, 6) is 0.812. The van der Waals surface area contributed by atoms with Crippen LogP contribution in [0.4, 0.5) is 5.69 Å². The number of sulfonamides is 1. The molecule has 2 N–H and O–H groups in total. The zero-order chi connectivity index (χ0) is 19.2. The van der Waals surface area contributed by atoms with E-state index in [1.807, 2.05) is 12.1 Å². The number of anilines is 1. The van der Waals surface area contributed by atoms with E-state index in [0.29, 0.717) is 30.1 Å². The van der Waals surface area contributed by atoms with Crippen LogP contribution in [-0.4, -0.2) is 32.6 Å². The third kappa shape index (κ3) is 6.00. The zero-order valence-corrected chi connectivity index (χ0v) is 16.5. The summed E-state index contributed by atoms with van der Waals surface area (Å²) in [6.45, 7) is 9.48. The van der Waals surface area contributed by atoms with Crippen LogP contribution in [0.25, 0.3) is 0 Å². The van der Waals surface area contributed by atoms with Gasteiger partial charge in [0.1, 0.15) is 6.61 Å². The van der Waals surface area contributed by atoms with Crippen LogP contribution in [0.5, 0.6) is 5.88 Å². The van der Waals surface area contributed by atoms with E-state index in [2.05, 4.69) is 42.7 Å². The van der Waals surface area contributed by atoms with Gasteiger partial charge >= 0.3 is 0 Å². The summed E-state index contributed by atoms with van der Waals surface area (Å²) in [7, 11) is -3.64. The summed E-state index contributed by atoms with van der Waals surface area (Å²) >= 11 is 0. The summed E-state index contributed by atoms with van der Waals surface area (Å²) in [4.78, 5) is 4.36. The number of hydrogen-bond acceptors (Lipinski definition) is 5. The van der Waals surface area contributed by atoms with Crippen LogP contribution in [-0.2, 0) is 10.0 Å². The molecule has 6 nitrogen and oxygen atoms in total. The average molecular weight is 378 g/mol. The van der Waals surface area contributed by atoms with Gasteiger partial charge in [0.05, 0.1) is 16.8 Å². The first-order valence-corrected chi connectivity index (χ1v) is 10.2.